The van der Waals surface area contributed by atoms with E-state index in [0.29, 0.717) is 0 Å². The van der Waals surface area contributed by atoms with E-state index in [-0.39, 0.29) is 24.7 Å². The van der Waals surface area contributed by atoms with Crippen LogP contribution in [0.3, 0.4) is 0 Å². The van der Waals surface area contributed by atoms with E-state index in [9.17, 15) is 4.79 Å². The predicted octanol–water partition coefficient (Wildman–Crippen LogP) is -0.625. The zero-order chi connectivity index (χ0) is 9.84. The quantitative estimate of drug-likeness (QED) is 0.422. The molecule has 72 valence electrons. The number of carbonyl (C=O) groups is 1. The fourth-order valence-electron chi connectivity index (χ4n) is 1.36. The Morgan fingerprint density at radius 1 is 1.69 bits per heavy atom. The molecule has 13 heavy (non-hydrogen) atoms. The highest BCUT2D eigenvalue weighted by Gasteiger charge is 2.22. The first-order valence-corrected chi connectivity index (χ1v) is 4.31. The van der Waals surface area contributed by atoms with Gasteiger partial charge in [-0.1, -0.05) is 0 Å². The summed E-state index contributed by atoms with van der Waals surface area (Å²) in [6, 6.07) is -0.278. The van der Waals surface area contributed by atoms with Gasteiger partial charge in [0.25, 0.3) is 0 Å². The Kier molecular flexibility index (Phi) is 3.75. The highest BCUT2D eigenvalue weighted by Crippen LogP contribution is 2.07. The van der Waals surface area contributed by atoms with Gasteiger partial charge in [0.1, 0.15) is 20.6 Å². The molecule has 5 heteroatoms. The monoisotopic (exact) mass is 183 g/mol. The van der Waals surface area contributed by atoms with Crippen LogP contribution < -0.4 is 0 Å². The van der Waals surface area contributed by atoms with Crippen molar-refractivity contribution >= 4 is 13.8 Å². The second-order valence-electron chi connectivity index (χ2n) is 3.32. The number of hydrogen-bond acceptors (Lipinski definition) is 4. The van der Waals surface area contributed by atoms with Crippen LogP contribution in [0.25, 0.3) is 0 Å². The predicted molar refractivity (Wildman–Crippen MR) is 48.5 cm³/mol. The topological polar surface area (TPSA) is 38.8 Å². The van der Waals surface area contributed by atoms with Crippen LogP contribution >= 0.6 is 0 Å². The summed E-state index contributed by atoms with van der Waals surface area (Å²) >= 11 is 0. The molecule has 0 aromatic carbocycles. The van der Waals surface area contributed by atoms with Gasteiger partial charge in [-0.25, -0.2) is 0 Å². The molecule has 0 N–H and O–H groups in total. The minimum atomic E-state index is -0.287. The zero-order valence-electron chi connectivity index (χ0n) is 8.03. The van der Waals surface area contributed by atoms with Crippen LogP contribution in [-0.2, 0) is 14.3 Å². The summed E-state index contributed by atoms with van der Waals surface area (Å²) in [5, 5.41) is 0. The Morgan fingerprint density at radius 2 is 2.38 bits per heavy atom. The number of nitrogens with zero attached hydrogens (tertiary/aromatic N) is 1. The normalized spacial score (nSPS) is 30.0. The van der Waals surface area contributed by atoms with Gasteiger partial charge >= 0.3 is 5.97 Å². The second kappa shape index (κ2) is 4.62. The van der Waals surface area contributed by atoms with Gasteiger partial charge in [-0.2, -0.15) is 0 Å². The molecule has 1 aliphatic heterocycles. The first-order chi connectivity index (χ1) is 6.08. The van der Waals surface area contributed by atoms with Crippen LogP contribution in [0.4, 0.5) is 0 Å². The Balaban J connectivity index is 2.28. The maximum absolute atomic E-state index is 10.5. The number of rotatable bonds is 2. The fraction of sp³-hybridized carbons (Fsp3) is 0.875. The van der Waals surface area contributed by atoms with Crippen molar-refractivity contribution in [1.82, 2.24) is 4.90 Å². The summed E-state index contributed by atoms with van der Waals surface area (Å²) in [4.78, 5) is 12.6. The number of likely N-dealkylation sites (N-methyl/N-ethyl adjacent to an activating group) is 1. The van der Waals surface area contributed by atoms with Crippen LogP contribution in [0.5, 0.6) is 0 Å². The summed E-state index contributed by atoms with van der Waals surface area (Å²) in [5.74, 6) is -0.287. The molecule has 2 radical (unpaired) electrons. The molecule has 0 saturated carbocycles. The van der Waals surface area contributed by atoms with E-state index in [1.54, 1.807) is 0 Å². The van der Waals surface area contributed by atoms with Crippen molar-refractivity contribution in [3.8, 4) is 0 Å². The molecule has 0 aliphatic carbocycles. The Morgan fingerprint density at radius 3 is 2.92 bits per heavy atom. The van der Waals surface area contributed by atoms with E-state index < -0.39 is 0 Å². The standard InChI is InChI=1S/C8H14BNO3/c1-6(11)12-5-7-3-10(2)4-8(9)13-7/h7-8H,3-5H2,1-2H3. The third kappa shape index (κ3) is 3.78. The molecule has 0 aromatic rings. The van der Waals surface area contributed by atoms with E-state index >= 15 is 0 Å². The van der Waals surface area contributed by atoms with Crippen molar-refractivity contribution < 1.29 is 14.3 Å². The van der Waals surface area contributed by atoms with E-state index in [0.717, 1.165) is 13.1 Å². The highest BCUT2D eigenvalue weighted by atomic mass is 16.6. The molecule has 0 bridgehead atoms. The minimum Gasteiger partial charge on any atom is -0.463 e. The first-order valence-electron chi connectivity index (χ1n) is 4.31. The Bertz CT molecular complexity index is 178. The van der Waals surface area contributed by atoms with E-state index in [4.69, 9.17) is 17.3 Å². The summed E-state index contributed by atoms with van der Waals surface area (Å²) in [5.41, 5.74) is 0. The van der Waals surface area contributed by atoms with Crippen molar-refractivity contribution in [1.29, 1.82) is 0 Å². The molecule has 1 saturated heterocycles. The summed E-state index contributed by atoms with van der Waals surface area (Å²) < 4.78 is 10.2. The van der Waals surface area contributed by atoms with E-state index in [1.165, 1.54) is 6.92 Å². The van der Waals surface area contributed by atoms with Crippen molar-refractivity contribution in [2.24, 2.45) is 0 Å². The Hall–Kier alpha value is -0.545. The van der Waals surface area contributed by atoms with Crippen molar-refractivity contribution in [2.45, 2.75) is 19.0 Å². The maximum atomic E-state index is 10.5. The van der Waals surface area contributed by atoms with Gasteiger partial charge in [0, 0.05) is 26.0 Å². The molecule has 2 unspecified atom stereocenters. The lowest BCUT2D eigenvalue weighted by atomic mass is 9.98. The van der Waals surface area contributed by atoms with Crippen LogP contribution in [0.2, 0.25) is 0 Å². The lowest BCUT2D eigenvalue weighted by molar-refractivity contribution is -0.148. The minimum absolute atomic E-state index is 0.0994. The van der Waals surface area contributed by atoms with Gasteiger partial charge < -0.3 is 14.4 Å². The SMILES string of the molecule is [B]C1CN(C)CC(COC(C)=O)O1. The molecule has 4 nitrogen and oxygen atoms in total. The fourth-order valence-corrected chi connectivity index (χ4v) is 1.36. The molecule has 0 amide bonds. The van der Waals surface area contributed by atoms with Crippen LogP contribution in [0.15, 0.2) is 0 Å². The maximum Gasteiger partial charge on any atom is 0.302 e. The molecule has 0 aromatic heterocycles. The summed E-state index contributed by atoms with van der Waals surface area (Å²) in [7, 11) is 7.58. The number of morpholine rings is 1. The third-order valence-corrected chi connectivity index (χ3v) is 1.85. The number of ether oxygens (including phenoxy) is 2. The molecule has 0 spiro atoms. The molecule has 1 aliphatic rings. The zero-order valence-corrected chi connectivity index (χ0v) is 8.03. The van der Waals surface area contributed by atoms with Crippen LogP contribution in [0.1, 0.15) is 6.92 Å². The van der Waals surface area contributed by atoms with Gasteiger partial charge in [-0.15, -0.1) is 0 Å². The lowest BCUT2D eigenvalue weighted by Gasteiger charge is -2.34. The highest BCUT2D eigenvalue weighted by molar-refractivity contribution is 6.11. The van der Waals surface area contributed by atoms with Crippen molar-refractivity contribution in [3.63, 3.8) is 0 Å². The van der Waals surface area contributed by atoms with Gasteiger partial charge in [0.15, 0.2) is 0 Å². The number of hydrogen-bond donors (Lipinski definition) is 0. The molecule has 1 heterocycles. The lowest BCUT2D eigenvalue weighted by Crippen LogP contribution is -2.47. The van der Waals surface area contributed by atoms with Gasteiger partial charge in [0.2, 0.25) is 0 Å². The molecular weight excluding hydrogens is 169 g/mol. The van der Waals surface area contributed by atoms with E-state index in [1.807, 2.05) is 7.05 Å². The number of esters is 1. The molecular formula is C8H14BNO3. The third-order valence-electron chi connectivity index (χ3n) is 1.85. The van der Waals surface area contributed by atoms with Crippen LogP contribution in [0, 0.1) is 0 Å². The van der Waals surface area contributed by atoms with Gasteiger partial charge in [0.05, 0.1) is 0 Å². The van der Waals surface area contributed by atoms with Crippen molar-refractivity contribution in [3.05, 3.63) is 0 Å². The smallest absolute Gasteiger partial charge is 0.302 e. The van der Waals surface area contributed by atoms with E-state index in [2.05, 4.69) is 4.90 Å². The first kappa shape index (κ1) is 10.5. The average Bonchev–Trinajstić information content (AvgIpc) is 1.99. The molecule has 2 atom stereocenters. The van der Waals surface area contributed by atoms with Crippen LogP contribution in [-0.4, -0.2) is 57.6 Å². The van der Waals surface area contributed by atoms with Crippen molar-refractivity contribution in [2.75, 3.05) is 26.7 Å². The van der Waals surface area contributed by atoms with Gasteiger partial charge in [-0.05, 0) is 7.05 Å². The Labute approximate surface area is 79.6 Å². The number of carbonyl (C=O) groups excluding carboxylic acids is 1. The second-order valence-corrected chi connectivity index (χ2v) is 3.32. The largest absolute Gasteiger partial charge is 0.463 e. The molecule has 1 fully saturated rings. The average molecular weight is 183 g/mol. The molecule has 1 rings (SSSR count). The summed E-state index contributed by atoms with van der Waals surface area (Å²) in [6.45, 7) is 3.14. The van der Waals surface area contributed by atoms with Gasteiger partial charge in [-0.3, -0.25) is 4.79 Å². The summed E-state index contributed by atoms with van der Waals surface area (Å²) in [6.07, 6.45) is -0.0994.